The number of ether oxygens (including phenoxy) is 2. The predicted octanol–water partition coefficient (Wildman–Crippen LogP) is 4.78. The van der Waals surface area contributed by atoms with E-state index < -0.39 is 21.8 Å². The first-order valence-electron chi connectivity index (χ1n) is 11.3. The van der Waals surface area contributed by atoms with Crippen molar-refractivity contribution in [3.05, 3.63) is 65.1 Å². The maximum atomic E-state index is 14.0. The number of nitrogens with zero attached hydrogens (tertiary/aromatic N) is 2. The number of benzene rings is 2. The highest BCUT2D eigenvalue weighted by molar-refractivity contribution is 7.92. The van der Waals surface area contributed by atoms with Crippen LogP contribution >= 0.6 is 11.5 Å². The van der Waals surface area contributed by atoms with E-state index in [1.54, 1.807) is 24.4 Å². The molecule has 2 heterocycles. The van der Waals surface area contributed by atoms with Crippen molar-refractivity contribution < 1.29 is 27.1 Å². The largest absolute Gasteiger partial charge is 0.487 e. The van der Waals surface area contributed by atoms with Gasteiger partial charge in [-0.3, -0.25) is 4.72 Å². The molecule has 8 nitrogen and oxygen atoms in total. The van der Waals surface area contributed by atoms with E-state index in [0.717, 1.165) is 35.7 Å². The highest BCUT2D eigenvalue weighted by atomic mass is 32.2. The molecule has 11 heteroatoms. The molecule has 0 atom stereocenters. The monoisotopic (exact) mass is 531 g/mol. The summed E-state index contributed by atoms with van der Waals surface area (Å²) in [6.45, 7) is 6.49. The van der Waals surface area contributed by atoms with Crippen LogP contribution in [0.1, 0.15) is 35.3 Å². The van der Waals surface area contributed by atoms with Crippen molar-refractivity contribution in [2.24, 2.45) is 0 Å². The number of halogens is 1. The fraction of sp³-hybridized carbons (Fsp3) is 0.280. The van der Waals surface area contributed by atoms with Gasteiger partial charge in [-0.2, -0.15) is 0 Å². The van der Waals surface area contributed by atoms with E-state index in [9.17, 15) is 17.6 Å². The second-order valence-electron chi connectivity index (χ2n) is 8.00. The van der Waals surface area contributed by atoms with E-state index in [1.165, 1.54) is 30.8 Å². The number of aromatic nitrogens is 1. The summed E-state index contributed by atoms with van der Waals surface area (Å²) in [5.74, 6) is -1.09. The normalized spacial score (nSPS) is 12.8. The molecule has 3 aromatic rings. The van der Waals surface area contributed by atoms with Crippen molar-refractivity contribution in [3.63, 3.8) is 0 Å². The third-order valence-corrected chi connectivity index (χ3v) is 8.18. The van der Waals surface area contributed by atoms with Gasteiger partial charge in [-0.1, -0.05) is 26.0 Å². The van der Waals surface area contributed by atoms with Crippen molar-refractivity contribution in [3.8, 4) is 16.2 Å². The minimum absolute atomic E-state index is 0.00374. The van der Waals surface area contributed by atoms with Crippen molar-refractivity contribution in [2.75, 3.05) is 31.5 Å². The number of carbonyl (C=O) groups excluding carboxylic acids is 1. The molecule has 190 valence electrons. The molecule has 0 radical (unpaired) electrons. The van der Waals surface area contributed by atoms with E-state index in [1.807, 2.05) is 13.8 Å². The molecule has 1 aliphatic rings. The molecule has 36 heavy (non-hydrogen) atoms. The first kappa shape index (κ1) is 25.8. The van der Waals surface area contributed by atoms with Gasteiger partial charge in [0.05, 0.1) is 22.6 Å². The molecule has 0 fully saturated rings. The molecule has 0 saturated heterocycles. The first-order valence-corrected chi connectivity index (χ1v) is 13.6. The van der Waals surface area contributed by atoms with Crippen molar-refractivity contribution >= 4 is 39.3 Å². The number of rotatable bonds is 9. The quantitative estimate of drug-likeness (QED) is 0.397. The molecule has 1 aliphatic heterocycles. The Bertz CT molecular complexity index is 1420. The molecule has 0 saturated carbocycles. The number of anilines is 1. The Morgan fingerprint density at radius 1 is 1.28 bits per heavy atom. The summed E-state index contributed by atoms with van der Waals surface area (Å²) in [6, 6.07) is 6.60. The van der Waals surface area contributed by atoms with Gasteiger partial charge >= 0.3 is 5.97 Å². The number of carbonyl (C=O) groups is 1. The minimum Gasteiger partial charge on any atom is -0.487 e. The molecule has 0 bridgehead atoms. The molecular weight excluding hydrogens is 505 g/mol. The van der Waals surface area contributed by atoms with Gasteiger partial charge in [-0.15, -0.1) is 0 Å². The summed E-state index contributed by atoms with van der Waals surface area (Å²) >= 11 is 1.26. The van der Waals surface area contributed by atoms with Crippen molar-refractivity contribution in [1.82, 2.24) is 9.27 Å². The fourth-order valence-corrected chi connectivity index (χ4v) is 5.97. The third-order valence-electron chi connectivity index (χ3n) is 5.87. The van der Waals surface area contributed by atoms with E-state index in [-0.39, 0.29) is 34.1 Å². The van der Waals surface area contributed by atoms with Crippen LogP contribution in [0.3, 0.4) is 0 Å². The summed E-state index contributed by atoms with van der Waals surface area (Å²) in [5.41, 5.74) is 1.65. The molecule has 1 N–H and O–H groups in total. The topological polar surface area (TPSA) is 97.8 Å². The second-order valence-corrected chi connectivity index (χ2v) is 10.5. The van der Waals surface area contributed by atoms with Crippen molar-refractivity contribution in [2.45, 2.75) is 25.3 Å². The number of nitrogens with one attached hydrogen (secondary N) is 1. The summed E-state index contributed by atoms with van der Waals surface area (Å²) in [6.07, 6.45) is 5.07. The lowest BCUT2D eigenvalue weighted by Gasteiger charge is -2.22. The van der Waals surface area contributed by atoms with Crippen LogP contribution < -0.4 is 9.46 Å². The number of sulfonamides is 1. The minimum atomic E-state index is -4.22. The molecule has 0 spiro atoms. The number of hydrogen-bond donors (Lipinski definition) is 1. The van der Waals surface area contributed by atoms with E-state index in [4.69, 9.17) is 9.47 Å². The molecular formula is C25H26FN3O5S2. The molecule has 0 aliphatic carbocycles. The average molecular weight is 532 g/mol. The Kier molecular flexibility index (Phi) is 7.72. The molecule has 0 amide bonds. The van der Waals surface area contributed by atoms with Gasteiger partial charge in [0, 0.05) is 23.9 Å². The number of esters is 1. The van der Waals surface area contributed by atoms with Crippen LogP contribution in [0.15, 0.2) is 47.5 Å². The Hall–Kier alpha value is -3.28. The summed E-state index contributed by atoms with van der Waals surface area (Å²) in [7, 11) is -3.01. The van der Waals surface area contributed by atoms with Crippen LogP contribution in [0, 0.1) is 5.82 Å². The zero-order chi connectivity index (χ0) is 25.9. The molecule has 2 aromatic carbocycles. The highest BCUT2D eigenvalue weighted by Crippen LogP contribution is 2.44. The van der Waals surface area contributed by atoms with Gasteiger partial charge in [0.25, 0.3) is 10.0 Å². The lowest BCUT2D eigenvalue weighted by molar-refractivity contribution is 0.0596. The van der Waals surface area contributed by atoms with Crippen LogP contribution in [-0.2, 0) is 21.4 Å². The fourth-order valence-electron chi connectivity index (χ4n) is 3.94. The van der Waals surface area contributed by atoms with E-state index >= 15 is 0 Å². The molecule has 1 aromatic heterocycles. The van der Waals surface area contributed by atoms with Gasteiger partial charge < -0.3 is 14.4 Å². The SMILES string of the molecule is CCN(CC)CC=Cc1cc(F)ccc1S(=O)(=O)Nc1ccc2c(c1C(=O)OC)OCc1cnsc1-2. The Labute approximate surface area is 213 Å². The summed E-state index contributed by atoms with van der Waals surface area (Å²) in [4.78, 5) is 15.6. The lowest BCUT2D eigenvalue weighted by Crippen LogP contribution is -2.22. The standard InChI is InChI=1S/C25H26FN3O5S2/c1-4-29(5-2)12-6-7-16-13-18(26)8-11-21(16)36(31,32)28-20-10-9-19-23(22(20)25(30)33-3)34-15-17-14-27-35-24(17)19/h6-11,13-14,28H,4-5,12,15H2,1-3H3. The number of likely N-dealkylation sites (N-methyl/N-ethyl adjacent to an activating group) is 1. The number of methoxy groups -OCH3 is 1. The van der Waals surface area contributed by atoms with Gasteiger partial charge in [0.2, 0.25) is 0 Å². The van der Waals surface area contributed by atoms with Gasteiger partial charge in [0.1, 0.15) is 23.7 Å². The smallest absolute Gasteiger partial charge is 0.343 e. The number of hydrogen-bond acceptors (Lipinski definition) is 8. The Morgan fingerprint density at radius 2 is 2.06 bits per heavy atom. The van der Waals surface area contributed by atoms with Crippen molar-refractivity contribution in [1.29, 1.82) is 0 Å². The predicted molar refractivity (Wildman–Crippen MR) is 137 cm³/mol. The molecule has 0 unspecified atom stereocenters. The van der Waals surface area contributed by atoms with Gasteiger partial charge in [0.15, 0.2) is 0 Å². The van der Waals surface area contributed by atoms with Crippen LogP contribution in [-0.4, -0.2) is 50.4 Å². The summed E-state index contributed by atoms with van der Waals surface area (Å²) in [5, 5.41) is 0. The van der Waals surface area contributed by atoms with Crippen LogP contribution in [0.4, 0.5) is 10.1 Å². The van der Waals surface area contributed by atoms with E-state index in [0.29, 0.717) is 12.1 Å². The average Bonchev–Trinajstić information content (AvgIpc) is 3.35. The number of fused-ring (bicyclic) bond motifs is 3. The van der Waals surface area contributed by atoms with Crippen LogP contribution in [0.25, 0.3) is 16.5 Å². The summed E-state index contributed by atoms with van der Waals surface area (Å²) < 4.78 is 58.4. The van der Waals surface area contributed by atoms with Crippen LogP contribution in [0.2, 0.25) is 0 Å². The Morgan fingerprint density at radius 3 is 2.78 bits per heavy atom. The highest BCUT2D eigenvalue weighted by Gasteiger charge is 2.30. The van der Waals surface area contributed by atoms with Crippen LogP contribution in [0.5, 0.6) is 5.75 Å². The van der Waals surface area contributed by atoms with E-state index in [2.05, 4.69) is 14.0 Å². The van der Waals surface area contributed by atoms with Gasteiger partial charge in [-0.05, 0) is 60.5 Å². The zero-order valence-electron chi connectivity index (χ0n) is 20.1. The first-order chi connectivity index (χ1) is 17.3. The lowest BCUT2D eigenvalue weighted by atomic mass is 10.0. The maximum absolute atomic E-state index is 14.0. The van der Waals surface area contributed by atoms with Gasteiger partial charge in [-0.25, -0.2) is 22.0 Å². The molecule has 4 rings (SSSR count). The Balaban J connectivity index is 1.73. The third kappa shape index (κ3) is 5.13. The second kappa shape index (κ2) is 10.8. The zero-order valence-corrected chi connectivity index (χ0v) is 21.7. The maximum Gasteiger partial charge on any atom is 0.343 e.